The van der Waals surface area contributed by atoms with Crippen molar-refractivity contribution in [1.82, 2.24) is 14.8 Å². The maximum atomic E-state index is 12.7. The number of carbonyl (C=O) groups excluding carboxylic acids is 2. The quantitative estimate of drug-likeness (QED) is 0.486. The number of nitrogens with two attached hydrogens (primary N) is 1. The number of thiophene rings is 2. The normalized spacial score (nSPS) is 15.8. The fraction of sp³-hybridized carbons (Fsp3) is 0.429. The molecule has 31 heavy (non-hydrogen) atoms. The van der Waals surface area contributed by atoms with Gasteiger partial charge in [-0.15, -0.1) is 32.9 Å². The number of hydrogen-bond acceptors (Lipinski definition) is 7. The summed E-state index contributed by atoms with van der Waals surface area (Å²) in [4.78, 5) is 27.0. The van der Waals surface area contributed by atoms with Crippen molar-refractivity contribution in [2.45, 2.75) is 51.2 Å². The Morgan fingerprint density at radius 3 is 2.87 bits per heavy atom. The number of thioether (sulfide) groups is 1. The zero-order valence-electron chi connectivity index (χ0n) is 17.7. The lowest BCUT2D eigenvalue weighted by molar-refractivity contribution is -0.113. The second kappa shape index (κ2) is 9.13. The first kappa shape index (κ1) is 22.0. The van der Waals surface area contributed by atoms with Crippen LogP contribution >= 0.6 is 34.4 Å². The van der Waals surface area contributed by atoms with Crippen LogP contribution in [0.5, 0.6) is 0 Å². The van der Waals surface area contributed by atoms with Crippen LogP contribution in [-0.4, -0.2) is 32.3 Å². The van der Waals surface area contributed by atoms with E-state index in [2.05, 4.69) is 36.3 Å². The van der Waals surface area contributed by atoms with Gasteiger partial charge in [0.25, 0.3) is 5.91 Å². The first-order chi connectivity index (χ1) is 14.8. The highest BCUT2D eigenvalue weighted by Crippen LogP contribution is 2.39. The van der Waals surface area contributed by atoms with Crippen molar-refractivity contribution in [2.75, 3.05) is 11.1 Å². The zero-order valence-corrected chi connectivity index (χ0v) is 20.1. The van der Waals surface area contributed by atoms with E-state index in [1.165, 1.54) is 23.1 Å². The van der Waals surface area contributed by atoms with Gasteiger partial charge in [-0.2, -0.15) is 0 Å². The number of anilines is 1. The molecule has 3 aromatic rings. The lowest BCUT2D eigenvalue weighted by atomic mass is 9.88. The summed E-state index contributed by atoms with van der Waals surface area (Å²) in [6, 6.07) is 4.15. The summed E-state index contributed by atoms with van der Waals surface area (Å²) in [5.41, 5.74) is 7.15. The third-order valence-corrected chi connectivity index (χ3v) is 8.24. The Morgan fingerprint density at radius 1 is 1.39 bits per heavy atom. The first-order valence-electron chi connectivity index (χ1n) is 10.2. The maximum Gasteiger partial charge on any atom is 0.251 e. The SMILES string of the molecule is CC1CCc2c(sc(NC(=O)CSc3nnc(-c4cccs4)n3C(C)C)c2C(N)=O)C1. The van der Waals surface area contributed by atoms with Gasteiger partial charge >= 0.3 is 0 Å². The standard InChI is InChI=1S/C21H25N5O2S3/c1-11(2)26-19(14-5-4-8-29-14)24-25-21(26)30-10-16(27)23-20-17(18(22)28)13-7-6-12(3)9-15(13)31-20/h4-5,8,11-12H,6-7,9-10H2,1-3H3,(H2,22,28)(H,23,27). The largest absolute Gasteiger partial charge is 0.365 e. The second-order valence-corrected chi connectivity index (χ2v) is 11.0. The minimum atomic E-state index is -0.477. The molecule has 0 radical (unpaired) electrons. The van der Waals surface area contributed by atoms with Crippen LogP contribution in [-0.2, 0) is 17.6 Å². The topological polar surface area (TPSA) is 103 Å². The summed E-state index contributed by atoms with van der Waals surface area (Å²) in [5.74, 6) is 0.895. The van der Waals surface area contributed by atoms with Gasteiger partial charge in [0.1, 0.15) is 5.00 Å². The number of nitrogens with zero attached hydrogens (tertiary/aromatic N) is 3. The van der Waals surface area contributed by atoms with Gasteiger partial charge in [0, 0.05) is 10.9 Å². The van der Waals surface area contributed by atoms with Crippen LogP contribution in [0.2, 0.25) is 0 Å². The van der Waals surface area contributed by atoms with Gasteiger partial charge in [-0.05, 0) is 56.0 Å². The lowest BCUT2D eigenvalue weighted by Crippen LogP contribution is -2.20. The number of hydrogen-bond donors (Lipinski definition) is 2. The van der Waals surface area contributed by atoms with Crippen molar-refractivity contribution < 1.29 is 9.59 Å². The summed E-state index contributed by atoms with van der Waals surface area (Å²) >= 11 is 4.43. The molecule has 7 nitrogen and oxygen atoms in total. The number of fused-ring (bicyclic) bond motifs is 1. The van der Waals surface area contributed by atoms with Crippen molar-refractivity contribution in [2.24, 2.45) is 11.7 Å². The van der Waals surface area contributed by atoms with Crippen LogP contribution in [0.3, 0.4) is 0 Å². The fourth-order valence-corrected chi connectivity index (χ4v) is 6.81. The molecule has 164 valence electrons. The molecular formula is C21H25N5O2S3. The van der Waals surface area contributed by atoms with Crippen LogP contribution in [0, 0.1) is 5.92 Å². The summed E-state index contributed by atoms with van der Waals surface area (Å²) in [7, 11) is 0. The minimum Gasteiger partial charge on any atom is -0.365 e. The molecule has 0 fully saturated rings. The molecule has 3 aromatic heterocycles. The highest BCUT2D eigenvalue weighted by molar-refractivity contribution is 7.99. The van der Waals surface area contributed by atoms with E-state index in [0.717, 1.165) is 40.4 Å². The third-order valence-electron chi connectivity index (χ3n) is 5.27. The Balaban J connectivity index is 1.49. The van der Waals surface area contributed by atoms with Crippen molar-refractivity contribution in [3.63, 3.8) is 0 Å². The minimum absolute atomic E-state index is 0.158. The molecule has 0 aromatic carbocycles. The van der Waals surface area contributed by atoms with Gasteiger partial charge < -0.3 is 11.1 Å². The van der Waals surface area contributed by atoms with E-state index in [9.17, 15) is 9.59 Å². The Labute approximate surface area is 193 Å². The van der Waals surface area contributed by atoms with E-state index in [4.69, 9.17) is 5.73 Å². The molecule has 1 aliphatic rings. The van der Waals surface area contributed by atoms with Gasteiger partial charge in [0.2, 0.25) is 5.91 Å². The predicted molar refractivity (Wildman–Crippen MR) is 127 cm³/mol. The predicted octanol–water partition coefficient (Wildman–Crippen LogP) is 4.60. The van der Waals surface area contributed by atoms with Gasteiger partial charge in [-0.25, -0.2) is 0 Å². The van der Waals surface area contributed by atoms with Crippen LogP contribution in [0.4, 0.5) is 5.00 Å². The van der Waals surface area contributed by atoms with Gasteiger partial charge in [0.15, 0.2) is 11.0 Å². The Kier molecular flexibility index (Phi) is 6.49. The molecule has 0 saturated heterocycles. The zero-order chi connectivity index (χ0) is 22.1. The summed E-state index contributed by atoms with van der Waals surface area (Å²) in [5, 5.41) is 14.8. The number of amides is 2. The van der Waals surface area contributed by atoms with Gasteiger partial charge in [-0.3, -0.25) is 14.2 Å². The molecule has 4 rings (SSSR count). The van der Waals surface area contributed by atoms with Crippen molar-refractivity contribution in [1.29, 1.82) is 0 Å². The fourth-order valence-electron chi connectivity index (χ4n) is 3.81. The average molecular weight is 476 g/mol. The van der Waals surface area contributed by atoms with E-state index in [-0.39, 0.29) is 17.7 Å². The van der Waals surface area contributed by atoms with Crippen molar-refractivity contribution in [3.8, 4) is 10.7 Å². The highest BCUT2D eigenvalue weighted by atomic mass is 32.2. The summed E-state index contributed by atoms with van der Waals surface area (Å²) < 4.78 is 2.05. The Morgan fingerprint density at radius 2 is 2.19 bits per heavy atom. The maximum absolute atomic E-state index is 12.7. The molecule has 0 spiro atoms. The van der Waals surface area contributed by atoms with E-state index in [1.54, 1.807) is 11.3 Å². The highest BCUT2D eigenvalue weighted by Gasteiger charge is 2.27. The van der Waals surface area contributed by atoms with Crippen LogP contribution in [0.1, 0.15) is 54.0 Å². The number of aromatic nitrogens is 3. The molecule has 1 atom stereocenters. The molecule has 0 bridgehead atoms. The van der Waals surface area contributed by atoms with Gasteiger partial charge in [-0.1, -0.05) is 24.8 Å². The average Bonchev–Trinajstić information content (AvgIpc) is 3.43. The van der Waals surface area contributed by atoms with E-state index < -0.39 is 5.91 Å². The molecule has 2 amide bonds. The molecule has 0 aliphatic heterocycles. The third kappa shape index (κ3) is 4.56. The van der Waals surface area contributed by atoms with E-state index >= 15 is 0 Å². The van der Waals surface area contributed by atoms with E-state index in [1.807, 2.05) is 22.1 Å². The van der Waals surface area contributed by atoms with Crippen LogP contribution in [0.25, 0.3) is 10.7 Å². The van der Waals surface area contributed by atoms with Crippen molar-refractivity contribution in [3.05, 3.63) is 33.5 Å². The molecule has 3 N–H and O–H groups in total. The van der Waals surface area contributed by atoms with Crippen LogP contribution < -0.4 is 11.1 Å². The lowest BCUT2D eigenvalue weighted by Gasteiger charge is -2.18. The molecule has 0 saturated carbocycles. The molecular weight excluding hydrogens is 450 g/mol. The first-order valence-corrected chi connectivity index (χ1v) is 12.9. The number of carbonyl (C=O) groups is 2. The molecule has 10 heteroatoms. The van der Waals surface area contributed by atoms with Gasteiger partial charge in [0.05, 0.1) is 16.2 Å². The molecule has 3 heterocycles. The van der Waals surface area contributed by atoms with Crippen molar-refractivity contribution >= 4 is 51.3 Å². The van der Waals surface area contributed by atoms with E-state index in [0.29, 0.717) is 21.6 Å². The Bertz CT molecular complexity index is 1100. The molecule has 1 unspecified atom stereocenters. The second-order valence-electron chi connectivity index (χ2n) is 8.00. The monoisotopic (exact) mass is 475 g/mol. The van der Waals surface area contributed by atoms with Crippen LogP contribution in [0.15, 0.2) is 22.7 Å². The summed E-state index contributed by atoms with van der Waals surface area (Å²) in [6.07, 6.45) is 2.79. The molecule has 1 aliphatic carbocycles. The number of nitrogens with one attached hydrogen (secondary N) is 1. The Hall–Kier alpha value is -2.17. The summed E-state index contributed by atoms with van der Waals surface area (Å²) in [6.45, 7) is 6.35. The smallest absolute Gasteiger partial charge is 0.251 e. The number of rotatable bonds is 7. The number of primary amides is 1.